The number of halogens is 1. The van der Waals surface area contributed by atoms with Crippen molar-refractivity contribution in [1.82, 2.24) is 4.90 Å². The Bertz CT molecular complexity index is 1130. The van der Waals surface area contributed by atoms with Crippen LogP contribution in [0.3, 0.4) is 0 Å². The van der Waals surface area contributed by atoms with Gasteiger partial charge in [0.05, 0.1) is 32.4 Å². The molecule has 32 heavy (non-hydrogen) atoms. The second kappa shape index (κ2) is 9.53. The van der Waals surface area contributed by atoms with Crippen LogP contribution in [0.1, 0.15) is 40.0 Å². The van der Waals surface area contributed by atoms with Crippen molar-refractivity contribution in [3.8, 4) is 17.2 Å². The molecule has 0 bridgehead atoms. The summed E-state index contributed by atoms with van der Waals surface area (Å²) in [5.41, 5.74) is 3.49. The lowest BCUT2D eigenvalue weighted by Crippen LogP contribution is -2.41. The van der Waals surface area contributed by atoms with Crippen molar-refractivity contribution in [2.45, 2.75) is 19.4 Å². The molecule has 0 saturated heterocycles. The molecule has 166 valence electrons. The maximum Gasteiger partial charge on any atom is 0.258 e. The van der Waals surface area contributed by atoms with E-state index in [-0.39, 0.29) is 11.9 Å². The highest BCUT2D eigenvalue weighted by Gasteiger charge is 2.35. The number of methoxy groups -OCH3 is 2. The van der Waals surface area contributed by atoms with Crippen LogP contribution < -0.4 is 14.2 Å². The lowest BCUT2D eigenvalue weighted by Gasteiger charge is -2.38. The molecule has 1 atom stereocenters. The van der Waals surface area contributed by atoms with Gasteiger partial charge in [-0.3, -0.25) is 4.79 Å². The first-order chi connectivity index (χ1) is 15.6. The quantitative estimate of drug-likeness (QED) is 0.493. The fourth-order valence-electron chi connectivity index (χ4n) is 4.28. The minimum absolute atomic E-state index is 0.0978. The summed E-state index contributed by atoms with van der Waals surface area (Å²) in [5.74, 6) is 1.77. The molecule has 0 N–H and O–H groups in total. The Morgan fingerprint density at radius 1 is 0.969 bits per heavy atom. The van der Waals surface area contributed by atoms with Crippen LogP contribution in [-0.2, 0) is 6.42 Å². The smallest absolute Gasteiger partial charge is 0.258 e. The van der Waals surface area contributed by atoms with Gasteiger partial charge in [0, 0.05) is 11.6 Å². The van der Waals surface area contributed by atoms with E-state index in [2.05, 4.69) is 0 Å². The number of amides is 1. The minimum Gasteiger partial charge on any atom is -0.493 e. The van der Waals surface area contributed by atoms with Gasteiger partial charge in [0.2, 0.25) is 0 Å². The summed E-state index contributed by atoms with van der Waals surface area (Å²) in [4.78, 5) is 15.7. The summed E-state index contributed by atoms with van der Waals surface area (Å²) in [6.07, 6.45) is 0.694. The molecule has 5 nitrogen and oxygen atoms in total. The van der Waals surface area contributed by atoms with Crippen LogP contribution >= 0.6 is 11.6 Å². The number of carbonyl (C=O) groups excluding carboxylic acids is 1. The van der Waals surface area contributed by atoms with Crippen molar-refractivity contribution in [3.05, 3.63) is 87.9 Å². The number of para-hydroxylation sites is 1. The summed E-state index contributed by atoms with van der Waals surface area (Å²) in [7, 11) is 3.23. The van der Waals surface area contributed by atoms with Crippen LogP contribution in [0.15, 0.2) is 60.7 Å². The molecule has 6 heteroatoms. The van der Waals surface area contributed by atoms with Gasteiger partial charge in [-0.2, -0.15) is 0 Å². The molecule has 1 aliphatic heterocycles. The Morgan fingerprint density at radius 2 is 1.66 bits per heavy atom. The molecule has 0 spiro atoms. The van der Waals surface area contributed by atoms with Gasteiger partial charge < -0.3 is 19.1 Å². The zero-order valence-electron chi connectivity index (χ0n) is 18.4. The van der Waals surface area contributed by atoms with Crippen molar-refractivity contribution in [3.63, 3.8) is 0 Å². The molecule has 3 aromatic rings. The maximum absolute atomic E-state index is 13.8. The van der Waals surface area contributed by atoms with Gasteiger partial charge >= 0.3 is 0 Å². The molecule has 4 rings (SSSR count). The lowest BCUT2D eigenvalue weighted by atomic mass is 9.87. The van der Waals surface area contributed by atoms with E-state index < -0.39 is 0 Å². The van der Waals surface area contributed by atoms with Crippen molar-refractivity contribution < 1.29 is 19.0 Å². The topological polar surface area (TPSA) is 48.0 Å². The summed E-state index contributed by atoms with van der Waals surface area (Å²) >= 11 is 6.63. The van der Waals surface area contributed by atoms with E-state index in [9.17, 15) is 4.79 Å². The van der Waals surface area contributed by atoms with Gasteiger partial charge in [-0.1, -0.05) is 41.9 Å². The van der Waals surface area contributed by atoms with Crippen molar-refractivity contribution >= 4 is 17.5 Å². The van der Waals surface area contributed by atoms with Crippen LogP contribution in [0.5, 0.6) is 17.2 Å². The Balaban J connectivity index is 1.87. The maximum atomic E-state index is 13.8. The van der Waals surface area contributed by atoms with Gasteiger partial charge in [-0.15, -0.1) is 0 Å². The molecule has 0 aromatic heterocycles. The third kappa shape index (κ3) is 4.00. The Hall–Kier alpha value is -3.18. The average molecular weight is 452 g/mol. The molecule has 0 aliphatic carbocycles. The molecule has 0 saturated carbocycles. The van der Waals surface area contributed by atoms with E-state index in [1.165, 1.54) is 0 Å². The SMILES string of the molecule is CCOc1ccccc1C(=O)N1CCc2cc(OC)c(OC)cc2[C@H]1c1ccccc1Cl. The number of carbonyl (C=O) groups is 1. The average Bonchev–Trinajstić information content (AvgIpc) is 2.83. The van der Waals surface area contributed by atoms with Gasteiger partial charge in [0.1, 0.15) is 5.75 Å². The van der Waals surface area contributed by atoms with E-state index in [0.29, 0.717) is 47.4 Å². The highest BCUT2D eigenvalue weighted by Crippen LogP contribution is 2.43. The number of nitrogens with zero attached hydrogens (tertiary/aromatic N) is 1. The summed E-state index contributed by atoms with van der Waals surface area (Å²) in [6, 6.07) is 18.6. The first-order valence-electron chi connectivity index (χ1n) is 10.6. The standard InChI is InChI=1S/C26H26ClNO4/c1-4-32-22-12-8-6-10-19(22)26(29)28-14-13-17-15-23(30-2)24(31-3)16-20(17)25(28)18-9-5-7-11-21(18)27/h5-12,15-16,25H,4,13-14H2,1-3H3/t25-/m1/s1. The molecule has 3 aromatic carbocycles. The molecule has 0 fully saturated rings. The van der Waals surface area contributed by atoms with Crippen LogP contribution in [0.4, 0.5) is 0 Å². The van der Waals surface area contributed by atoms with Crippen LogP contribution in [0.2, 0.25) is 5.02 Å². The number of ether oxygens (including phenoxy) is 3. The van der Waals surface area contributed by atoms with Crippen LogP contribution in [0, 0.1) is 0 Å². The number of fused-ring (bicyclic) bond motifs is 1. The largest absolute Gasteiger partial charge is 0.493 e. The predicted octanol–water partition coefficient (Wildman–Crippen LogP) is 5.54. The normalized spacial score (nSPS) is 15.1. The van der Waals surface area contributed by atoms with E-state index in [4.69, 9.17) is 25.8 Å². The summed E-state index contributed by atoms with van der Waals surface area (Å²) < 4.78 is 16.8. The minimum atomic E-state index is -0.366. The third-order valence-electron chi connectivity index (χ3n) is 5.75. The molecule has 0 radical (unpaired) electrons. The molecular weight excluding hydrogens is 426 g/mol. The van der Waals surface area contributed by atoms with Gasteiger partial charge in [-0.05, 0) is 60.4 Å². The van der Waals surface area contributed by atoms with Crippen molar-refractivity contribution in [2.75, 3.05) is 27.4 Å². The van der Waals surface area contributed by atoms with E-state index in [1.807, 2.05) is 66.4 Å². The zero-order chi connectivity index (χ0) is 22.7. The Morgan fingerprint density at radius 3 is 2.38 bits per heavy atom. The molecule has 1 heterocycles. The third-order valence-corrected chi connectivity index (χ3v) is 6.10. The summed E-state index contributed by atoms with van der Waals surface area (Å²) in [6.45, 7) is 2.93. The van der Waals surface area contributed by atoms with Gasteiger partial charge in [-0.25, -0.2) is 0 Å². The van der Waals surface area contributed by atoms with Gasteiger partial charge in [0.25, 0.3) is 5.91 Å². The van der Waals surface area contributed by atoms with Crippen LogP contribution in [-0.4, -0.2) is 38.2 Å². The van der Waals surface area contributed by atoms with Crippen molar-refractivity contribution in [1.29, 1.82) is 0 Å². The van der Waals surface area contributed by atoms with Gasteiger partial charge in [0.15, 0.2) is 11.5 Å². The van der Waals surface area contributed by atoms with E-state index in [1.54, 1.807) is 20.3 Å². The number of hydrogen-bond acceptors (Lipinski definition) is 4. The zero-order valence-corrected chi connectivity index (χ0v) is 19.2. The predicted molar refractivity (Wildman–Crippen MR) is 125 cm³/mol. The molecule has 0 unspecified atom stereocenters. The fraction of sp³-hybridized carbons (Fsp3) is 0.269. The highest BCUT2D eigenvalue weighted by atomic mass is 35.5. The highest BCUT2D eigenvalue weighted by molar-refractivity contribution is 6.31. The monoisotopic (exact) mass is 451 g/mol. The number of rotatable bonds is 6. The van der Waals surface area contributed by atoms with Crippen LogP contribution in [0.25, 0.3) is 0 Å². The Labute approximate surface area is 193 Å². The first-order valence-corrected chi connectivity index (χ1v) is 11.0. The first kappa shape index (κ1) is 22.0. The number of benzene rings is 3. The molecular formula is C26H26ClNO4. The number of hydrogen-bond donors (Lipinski definition) is 0. The second-order valence-corrected chi connectivity index (χ2v) is 7.91. The molecule has 1 aliphatic rings. The second-order valence-electron chi connectivity index (χ2n) is 7.51. The van der Waals surface area contributed by atoms with E-state index in [0.717, 1.165) is 16.7 Å². The molecule has 1 amide bonds. The van der Waals surface area contributed by atoms with E-state index >= 15 is 0 Å². The van der Waals surface area contributed by atoms with Crippen molar-refractivity contribution in [2.24, 2.45) is 0 Å². The fourth-order valence-corrected chi connectivity index (χ4v) is 4.52. The Kier molecular flexibility index (Phi) is 6.56. The summed E-state index contributed by atoms with van der Waals surface area (Å²) in [5, 5.41) is 0.607. The lowest BCUT2D eigenvalue weighted by molar-refractivity contribution is 0.0690.